The fourth-order valence-electron chi connectivity index (χ4n) is 2.14. The fraction of sp³-hybridized carbons (Fsp3) is 0.556. The van der Waals surface area contributed by atoms with Crippen LogP contribution in [0.4, 0.5) is 0 Å². The summed E-state index contributed by atoms with van der Waals surface area (Å²) in [4.78, 5) is 2.42. The first-order valence-corrected chi connectivity index (χ1v) is 7.55. The first-order chi connectivity index (χ1) is 10.2. The molecule has 1 aromatic rings. The van der Waals surface area contributed by atoms with Crippen molar-refractivity contribution in [2.24, 2.45) is 5.92 Å². The van der Waals surface area contributed by atoms with Crippen LogP contribution in [0.1, 0.15) is 31.4 Å². The highest BCUT2D eigenvalue weighted by molar-refractivity contribution is 5.36. The topological polar surface area (TPSA) is 32.7 Å². The van der Waals surface area contributed by atoms with Crippen LogP contribution in [0, 0.1) is 17.8 Å². The summed E-state index contributed by atoms with van der Waals surface area (Å²) in [6.45, 7) is 8.31. The minimum Gasteiger partial charge on any atom is -0.395 e. The van der Waals surface area contributed by atoms with Crippen molar-refractivity contribution < 1.29 is 9.84 Å². The summed E-state index contributed by atoms with van der Waals surface area (Å²) < 4.78 is 5.19. The number of benzene rings is 1. The molecule has 0 aliphatic carbocycles. The predicted molar refractivity (Wildman–Crippen MR) is 87.0 cm³/mol. The van der Waals surface area contributed by atoms with Gasteiger partial charge in [0.2, 0.25) is 0 Å². The minimum absolute atomic E-state index is 0.120. The van der Waals surface area contributed by atoms with Crippen molar-refractivity contribution in [1.82, 2.24) is 4.90 Å². The number of hydrogen-bond acceptors (Lipinski definition) is 3. The van der Waals surface area contributed by atoms with E-state index in [0.717, 1.165) is 31.8 Å². The zero-order valence-electron chi connectivity index (χ0n) is 13.4. The summed E-state index contributed by atoms with van der Waals surface area (Å²) in [5.74, 6) is 6.63. The van der Waals surface area contributed by atoms with Crippen LogP contribution in [0.5, 0.6) is 0 Å². The Balaban J connectivity index is 2.60. The van der Waals surface area contributed by atoms with Crippen LogP contribution in [-0.4, -0.2) is 43.4 Å². The SMILES string of the molecule is COCCN(Cc1ccc(C#CCCO)cc1)CC(C)C. The maximum Gasteiger partial charge on any atom is 0.0589 e. The average molecular weight is 289 g/mol. The monoisotopic (exact) mass is 289 g/mol. The number of aliphatic hydroxyl groups excluding tert-OH is 1. The lowest BCUT2D eigenvalue weighted by Gasteiger charge is -2.24. The highest BCUT2D eigenvalue weighted by Gasteiger charge is 2.08. The molecule has 0 spiro atoms. The minimum atomic E-state index is 0.120. The molecular formula is C18H27NO2. The van der Waals surface area contributed by atoms with E-state index in [4.69, 9.17) is 9.84 Å². The van der Waals surface area contributed by atoms with Gasteiger partial charge in [-0.3, -0.25) is 4.90 Å². The third kappa shape index (κ3) is 7.87. The van der Waals surface area contributed by atoms with E-state index < -0.39 is 0 Å². The molecule has 0 saturated carbocycles. The van der Waals surface area contributed by atoms with Crippen molar-refractivity contribution in [3.63, 3.8) is 0 Å². The van der Waals surface area contributed by atoms with E-state index >= 15 is 0 Å². The summed E-state index contributed by atoms with van der Waals surface area (Å²) in [5, 5.41) is 8.71. The van der Waals surface area contributed by atoms with E-state index in [1.165, 1.54) is 5.56 Å². The molecule has 0 aliphatic heterocycles. The number of ether oxygens (including phenoxy) is 1. The van der Waals surface area contributed by atoms with E-state index in [9.17, 15) is 0 Å². The van der Waals surface area contributed by atoms with E-state index in [0.29, 0.717) is 12.3 Å². The third-order valence-electron chi connectivity index (χ3n) is 3.06. The maximum atomic E-state index is 8.71. The highest BCUT2D eigenvalue weighted by atomic mass is 16.5. The van der Waals surface area contributed by atoms with Crippen molar-refractivity contribution in [3.8, 4) is 11.8 Å². The molecule has 0 saturated heterocycles. The first-order valence-electron chi connectivity index (χ1n) is 7.55. The van der Waals surface area contributed by atoms with Crippen LogP contribution in [0.15, 0.2) is 24.3 Å². The number of nitrogens with zero attached hydrogens (tertiary/aromatic N) is 1. The van der Waals surface area contributed by atoms with Gasteiger partial charge in [0.05, 0.1) is 13.2 Å². The Hall–Kier alpha value is -1.34. The Kier molecular flexibility index (Phi) is 8.77. The normalized spacial score (nSPS) is 10.8. The van der Waals surface area contributed by atoms with Gasteiger partial charge in [-0.1, -0.05) is 37.8 Å². The second-order valence-electron chi connectivity index (χ2n) is 5.59. The molecule has 3 heteroatoms. The Morgan fingerprint density at radius 1 is 1.24 bits per heavy atom. The van der Waals surface area contributed by atoms with Crippen LogP contribution in [0.2, 0.25) is 0 Å². The second-order valence-corrected chi connectivity index (χ2v) is 5.59. The summed E-state index contributed by atoms with van der Waals surface area (Å²) in [5.41, 5.74) is 2.29. The molecule has 3 nitrogen and oxygen atoms in total. The second kappa shape index (κ2) is 10.4. The largest absolute Gasteiger partial charge is 0.395 e. The van der Waals surface area contributed by atoms with Gasteiger partial charge in [-0.05, 0) is 23.6 Å². The number of hydrogen-bond donors (Lipinski definition) is 1. The summed E-state index contributed by atoms with van der Waals surface area (Å²) in [6.07, 6.45) is 0.529. The molecule has 0 radical (unpaired) electrons. The number of aliphatic hydroxyl groups is 1. The zero-order chi connectivity index (χ0) is 15.5. The van der Waals surface area contributed by atoms with Crippen LogP contribution in [-0.2, 0) is 11.3 Å². The average Bonchev–Trinajstić information content (AvgIpc) is 2.46. The summed E-state index contributed by atoms with van der Waals surface area (Å²) >= 11 is 0. The van der Waals surface area contributed by atoms with Gasteiger partial charge in [-0.2, -0.15) is 0 Å². The van der Waals surface area contributed by atoms with Gasteiger partial charge in [0, 0.05) is 38.7 Å². The molecule has 116 valence electrons. The van der Waals surface area contributed by atoms with E-state index in [1.54, 1.807) is 7.11 Å². The molecule has 1 aromatic carbocycles. The lowest BCUT2D eigenvalue weighted by molar-refractivity contribution is 0.136. The molecule has 1 N–H and O–H groups in total. The summed E-state index contributed by atoms with van der Waals surface area (Å²) in [6, 6.07) is 8.35. The molecule has 0 amide bonds. The van der Waals surface area contributed by atoms with E-state index in [1.807, 2.05) is 12.1 Å². The lowest BCUT2D eigenvalue weighted by atomic mass is 10.1. The van der Waals surface area contributed by atoms with Gasteiger partial charge in [0.1, 0.15) is 0 Å². The highest BCUT2D eigenvalue weighted by Crippen LogP contribution is 2.09. The summed E-state index contributed by atoms with van der Waals surface area (Å²) in [7, 11) is 1.74. The van der Waals surface area contributed by atoms with Gasteiger partial charge in [-0.15, -0.1) is 0 Å². The molecule has 0 atom stereocenters. The van der Waals surface area contributed by atoms with E-state index in [2.05, 4.69) is 42.7 Å². The molecule has 0 aromatic heterocycles. The first kappa shape index (κ1) is 17.7. The van der Waals surface area contributed by atoms with Crippen molar-refractivity contribution in [1.29, 1.82) is 0 Å². The molecular weight excluding hydrogens is 262 g/mol. The van der Waals surface area contributed by atoms with Crippen molar-refractivity contribution in [2.45, 2.75) is 26.8 Å². The van der Waals surface area contributed by atoms with Crippen LogP contribution < -0.4 is 0 Å². The standard InChI is InChI=1S/C18H27NO2/c1-16(2)14-19(11-13-21-3)15-18-9-7-17(8-10-18)6-4-5-12-20/h7-10,16,20H,5,11-15H2,1-3H3. The molecule has 0 unspecified atom stereocenters. The number of methoxy groups -OCH3 is 1. The smallest absolute Gasteiger partial charge is 0.0589 e. The molecule has 21 heavy (non-hydrogen) atoms. The van der Waals surface area contributed by atoms with Crippen molar-refractivity contribution in [3.05, 3.63) is 35.4 Å². The van der Waals surface area contributed by atoms with Gasteiger partial charge in [0.15, 0.2) is 0 Å². The Morgan fingerprint density at radius 2 is 1.95 bits per heavy atom. The fourth-order valence-corrected chi connectivity index (χ4v) is 2.14. The Bertz CT molecular complexity index is 443. The van der Waals surface area contributed by atoms with Gasteiger partial charge < -0.3 is 9.84 Å². The van der Waals surface area contributed by atoms with Gasteiger partial charge >= 0.3 is 0 Å². The molecule has 0 bridgehead atoms. The lowest BCUT2D eigenvalue weighted by Crippen LogP contribution is -2.30. The molecule has 0 aliphatic rings. The van der Waals surface area contributed by atoms with Gasteiger partial charge in [0.25, 0.3) is 0 Å². The number of rotatable bonds is 8. The van der Waals surface area contributed by atoms with Crippen molar-refractivity contribution >= 4 is 0 Å². The molecule has 0 fully saturated rings. The quantitative estimate of drug-likeness (QED) is 0.747. The molecule has 0 heterocycles. The van der Waals surface area contributed by atoms with Gasteiger partial charge in [-0.25, -0.2) is 0 Å². The van der Waals surface area contributed by atoms with Crippen LogP contribution in [0.25, 0.3) is 0 Å². The van der Waals surface area contributed by atoms with Crippen LogP contribution in [0.3, 0.4) is 0 Å². The van der Waals surface area contributed by atoms with Crippen LogP contribution >= 0.6 is 0 Å². The Morgan fingerprint density at radius 3 is 2.52 bits per heavy atom. The van der Waals surface area contributed by atoms with E-state index in [-0.39, 0.29) is 6.61 Å². The zero-order valence-corrected chi connectivity index (χ0v) is 13.4. The third-order valence-corrected chi connectivity index (χ3v) is 3.06. The van der Waals surface area contributed by atoms with Crippen molar-refractivity contribution in [2.75, 3.05) is 33.4 Å². The Labute approximate surface area is 128 Å². The predicted octanol–water partition coefficient (Wildman–Crippen LogP) is 2.52. The maximum absolute atomic E-state index is 8.71. The molecule has 1 rings (SSSR count).